The van der Waals surface area contributed by atoms with Gasteiger partial charge in [0.1, 0.15) is 0 Å². The van der Waals surface area contributed by atoms with Crippen LogP contribution in [0.1, 0.15) is 26.7 Å². The van der Waals surface area contributed by atoms with Gasteiger partial charge in [-0.15, -0.1) is 0 Å². The van der Waals surface area contributed by atoms with E-state index in [1.807, 2.05) is 6.92 Å². The molecule has 0 aromatic heterocycles. The lowest BCUT2D eigenvalue weighted by Gasteiger charge is -2.19. The van der Waals surface area contributed by atoms with Crippen LogP contribution in [-0.4, -0.2) is 19.0 Å². The van der Waals surface area contributed by atoms with Gasteiger partial charge in [0.25, 0.3) is 6.43 Å². The van der Waals surface area contributed by atoms with E-state index in [1.165, 1.54) is 12.8 Å². The molecule has 0 saturated heterocycles. The number of nitrogens with one attached hydrogen (secondary N) is 1. The summed E-state index contributed by atoms with van der Waals surface area (Å²) in [5, 5.41) is 2.83. The predicted molar refractivity (Wildman–Crippen MR) is 40.8 cm³/mol. The molecule has 66 valence electrons. The molecule has 1 aliphatic rings. The monoisotopic (exact) mass is 163 g/mol. The van der Waals surface area contributed by atoms with Crippen molar-refractivity contribution < 1.29 is 8.78 Å². The van der Waals surface area contributed by atoms with Crippen LogP contribution in [0.5, 0.6) is 0 Å². The summed E-state index contributed by atoms with van der Waals surface area (Å²) in [5.74, 6) is 0. The van der Waals surface area contributed by atoms with Gasteiger partial charge in [0.15, 0.2) is 0 Å². The molecule has 11 heavy (non-hydrogen) atoms. The Labute approximate surface area is 66.2 Å². The molecule has 0 heterocycles. The summed E-state index contributed by atoms with van der Waals surface area (Å²) in [6.07, 6.45) is 0.120. The van der Waals surface area contributed by atoms with Gasteiger partial charge in [0.2, 0.25) is 0 Å². The number of rotatable bonds is 4. The maximum absolute atomic E-state index is 11.7. The Morgan fingerprint density at radius 3 is 2.36 bits per heavy atom. The van der Waals surface area contributed by atoms with E-state index in [1.54, 1.807) is 0 Å². The highest BCUT2D eigenvalue weighted by atomic mass is 19.3. The van der Waals surface area contributed by atoms with Gasteiger partial charge in [-0.2, -0.15) is 0 Å². The van der Waals surface area contributed by atoms with E-state index >= 15 is 0 Å². The summed E-state index contributed by atoms with van der Waals surface area (Å²) in [6.45, 7) is 3.95. The lowest BCUT2D eigenvalue weighted by molar-refractivity contribution is 0.137. The maximum atomic E-state index is 11.7. The van der Waals surface area contributed by atoms with Crippen molar-refractivity contribution in [3.8, 4) is 0 Å². The number of hydrogen-bond acceptors (Lipinski definition) is 1. The van der Waals surface area contributed by atoms with Crippen molar-refractivity contribution in [3.05, 3.63) is 0 Å². The molecule has 0 amide bonds. The molecule has 1 nitrogen and oxygen atoms in total. The Kier molecular flexibility index (Phi) is 2.47. The van der Waals surface area contributed by atoms with E-state index in [0.717, 1.165) is 0 Å². The van der Waals surface area contributed by atoms with Gasteiger partial charge >= 0.3 is 0 Å². The molecule has 0 aliphatic heterocycles. The maximum Gasteiger partial charge on any atom is 0.250 e. The SMILES string of the molecule is CC(NCC(F)F)C1(C)CC1. The first kappa shape index (κ1) is 8.91. The number of hydrogen-bond donors (Lipinski definition) is 1. The Morgan fingerprint density at radius 1 is 1.45 bits per heavy atom. The Balaban J connectivity index is 2.16. The quantitative estimate of drug-likeness (QED) is 0.668. The summed E-state index contributed by atoms with van der Waals surface area (Å²) in [7, 11) is 0. The van der Waals surface area contributed by atoms with Gasteiger partial charge in [0, 0.05) is 6.04 Å². The van der Waals surface area contributed by atoms with Gasteiger partial charge in [-0.25, -0.2) is 8.78 Å². The highest BCUT2D eigenvalue weighted by molar-refractivity contribution is 4.96. The van der Waals surface area contributed by atoms with E-state index in [0.29, 0.717) is 5.41 Å². The van der Waals surface area contributed by atoms with Crippen LogP contribution in [0.3, 0.4) is 0 Å². The van der Waals surface area contributed by atoms with Crippen LogP contribution in [0.25, 0.3) is 0 Å². The summed E-state index contributed by atoms with van der Waals surface area (Å²) >= 11 is 0. The molecule has 0 spiro atoms. The topological polar surface area (TPSA) is 12.0 Å². The third-order valence-electron chi connectivity index (χ3n) is 2.66. The largest absolute Gasteiger partial charge is 0.308 e. The molecule has 1 fully saturated rings. The molecule has 0 aromatic carbocycles. The van der Waals surface area contributed by atoms with Crippen molar-refractivity contribution in [1.82, 2.24) is 5.32 Å². The predicted octanol–water partition coefficient (Wildman–Crippen LogP) is 2.03. The second kappa shape index (κ2) is 3.05. The van der Waals surface area contributed by atoms with Crippen molar-refractivity contribution in [3.63, 3.8) is 0 Å². The summed E-state index contributed by atoms with van der Waals surface area (Å²) in [5.41, 5.74) is 0.300. The zero-order valence-electron chi connectivity index (χ0n) is 7.03. The molecular weight excluding hydrogens is 148 g/mol. The lowest BCUT2D eigenvalue weighted by atomic mass is 10.0. The third kappa shape index (κ3) is 2.40. The standard InChI is InChI=1S/C8H15F2N/c1-6(8(2)3-4-8)11-5-7(9)10/h6-7,11H,3-5H2,1-2H3. The second-order valence-corrected chi connectivity index (χ2v) is 3.68. The number of halogens is 2. The fourth-order valence-electron chi connectivity index (χ4n) is 1.14. The van der Waals surface area contributed by atoms with Crippen molar-refractivity contribution in [2.24, 2.45) is 5.41 Å². The molecule has 0 radical (unpaired) electrons. The zero-order valence-corrected chi connectivity index (χ0v) is 7.03. The van der Waals surface area contributed by atoms with Crippen LogP contribution < -0.4 is 5.32 Å². The smallest absolute Gasteiger partial charge is 0.250 e. The molecule has 3 heteroatoms. The first-order chi connectivity index (χ1) is 5.04. The van der Waals surface area contributed by atoms with E-state index in [4.69, 9.17) is 0 Å². The van der Waals surface area contributed by atoms with E-state index < -0.39 is 6.43 Å². The van der Waals surface area contributed by atoms with Gasteiger partial charge in [-0.3, -0.25) is 0 Å². The Bertz CT molecular complexity index is 132. The highest BCUT2D eigenvalue weighted by Gasteiger charge is 2.42. The molecule has 1 N–H and O–H groups in total. The molecule has 1 atom stereocenters. The van der Waals surface area contributed by atoms with Crippen molar-refractivity contribution in [2.75, 3.05) is 6.54 Å². The molecule has 1 unspecified atom stereocenters. The van der Waals surface area contributed by atoms with Gasteiger partial charge in [-0.1, -0.05) is 6.92 Å². The molecule has 0 aromatic rings. The first-order valence-electron chi connectivity index (χ1n) is 4.06. The molecule has 0 bridgehead atoms. The first-order valence-corrected chi connectivity index (χ1v) is 4.06. The molecule has 1 rings (SSSR count). The van der Waals surface area contributed by atoms with Crippen LogP contribution in [0, 0.1) is 5.41 Å². The van der Waals surface area contributed by atoms with Crippen molar-refractivity contribution >= 4 is 0 Å². The van der Waals surface area contributed by atoms with Crippen molar-refractivity contribution in [2.45, 2.75) is 39.2 Å². The summed E-state index contributed by atoms with van der Waals surface area (Å²) in [4.78, 5) is 0. The van der Waals surface area contributed by atoms with Crippen LogP contribution in [0.4, 0.5) is 8.78 Å². The average Bonchev–Trinajstić information content (AvgIpc) is 2.64. The normalized spacial score (nSPS) is 23.7. The van der Waals surface area contributed by atoms with Gasteiger partial charge in [-0.05, 0) is 25.2 Å². The molecule has 1 aliphatic carbocycles. The zero-order chi connectivity index (χ0) is 8.48. The molecule has 1 saturated carbocycles. The van der Waals surface area contributed by atoms with E-state index in [2.05, 4.69) is 12.2 Å². The van der Waals surface area contributed by atoms with Gasteiger partial charge < -0.3 is 5.32 Å². The Hall–Kier alpha value is -0.180. The Morgan fingerprint density at radius 2 is 2.00 bits per heavy atom. The van der Waals surface area contributed by atoms with Crippen LogP contribution in [-0.2, 0) is 0 Å². The van der Waals surface area contributed by atoms with Crippen LogP contribution in [0.2, 0.25) is 0 Å². The van der Waals surface area contributed by atoms with Gasteiger partial charge in [0.05, 0.1) is 6.54 Å². The minimum Gasteiger partial charge on any atom is -0.308 e. The lowest BCUT2D eigenvalue weighted by Crippen LogP contribution is -2.36. The van der Waals surface area contributed by atoms with Crippen LogP contribution >= 0.6 is 0 Å². The van der Waals surface area contributed by atoms with E-state index in [-0.39, 0.29) is 12.6 Å². The second-order valence-electron chi connectivity index (χ2n) is 3.68. The third-order valence-corrected chi connectivity index (χ3v) is 2.66. The van der Waals surface area contributed by atoms with E-state index in [9.17, 15) is 8.78 Å². The molecular formula is C8H15F2N. The fourth-order valence-corrected chi connectivity index (χ4v) is 1.14. The van der Waals surface area contributed by atoms with Crippen molar-refractivity contribution in [1.29, 1.82) is 0 Å². The minimum atomic E-state index is -2.22. The summed E-state index contributed by atoms with van der Waals surface area (Å²) < 4.78 is 23.5. The van der Waals surface area contributed by atoms with Crippen LogP contribution in [0.15, 0.2) is 0 Å². The summed E-state index contributed by atoms with van der Waals surface area (Å²) in [6, 6.07) is 0.233. The fraction of sp³-hybridized carbons (Fsp3) is 1.00. The minimum absolute atomic E-state index is 0.170. The average molecular weight is 163 g/mol. The number of alkyl halides is 2. The highest BCUT2D eigenvalue weighted by Crippen LogP contribution is 2.47.